The van der Waals surface area contributed by atoms with Crippen molar-refractivity contribution < 1.29 is 0 Å². The van der Waals surface area contributed by atoms with Crippen molar-refractivity contribution in [2.45, 2.75) is 48.0 Å². The van der Waals surface area contributed by atoms with E-state index in [4.69, 9.17) is 11.5 Å². The van der Waals surface area contributed by atoms with E-state index in [2.05, 4.69) is 27.7 Å². The van der Waals surface area contributed by atoms with Crippen LogP contribution in [0, 0.1) is 10.8 Å². The topological polar surface area (TPSA) is 52.0 Å². The third-order valence-electron chi connectivity index (χ3n) is 2.06. The molecule has 2 nitrogen and oxygen atoms in total. The van der Waals surface area contributed by atoms with Crippen molar-refractivity contribution in [2.24, 2.45) is 22.3 Å². The molecular weight excluding hydrogens is 160 g/mol. The summed E-state index contributed by atoms with van der Waals surface area (Å²) in [5.74, 6) is 0. The molecule has 0 fully saturated rings. The molecule has 13 heavy (non-hydrogen) atoms. The monoisotopic (exact) mass is 188 g/mol. The quantitative estimate of drug-likeness (QED) is 0.711. The molecule has 2 heteroatoms. The molecule has 4 N–H and O–H groups in total. The van der Waals surface area contributed by atoms with Crippen LogP contribution in [0.15, 0.2) is 0 Å². The lowest BCUT2D eigenvalue weighted by atomic mass is 9.75. The smallest absolute Gasteiger partial charge is 0.00256 e. The van der Waals surface area contributed by atoms with Crippen molar-refractivity contribution in [3.8, 4) is 0 Å². The molecule has 0 saturated carbocycles. The highest BCUT2D eigenvalue weighted by atomic mass is 14.6. The molecule has 0 aliphatic heterocycles. The number of hydrogen-bond donors (Lipinski definition) is 2. The van der Waals surface area contributed by atoms with Gasteiger partial charge in [0.15, 0.2) is 0 Å². The van der Waals surface area contributed by atoms with E-state index in [1.807, 2.05) is 13.8 Å². The van der Waals surface area contributed by atoms with Crippen molar-refractivity contribution in [1.82, 2.24) is 0 Å². The summed E-state index contributed by atoms with van der Waals surface area (Å²) in [7, 11) is 0. The van der Waals surface area contributed by atoms with E-state index in [0.29, 0.717) is 0 Å². The van der Waals surface area contributed by atoms with Crippen LogP contribution in [0.4, 0.5) is 0 Å². The lowest BCUT2D eigenvalue weighted by Gasteiger charge is -2.33. The highest BCUT2D eigenvalue weighted by Gasteiger charge is 2.26. The molecule has 0 unspecified atom stereocenters. The van der Waals surface area contributed by atoms with Gasteiger partial charge in [-0.1, -0.05) is 41.5 Å². The second-order valence-corrected chi connectivity index (χ2v) is 4.91. The molecule has 0 saturated heterocycles. The Kier molecular flexibility index (Phi) is 7.56. The van der Waals surface area contributed by atoms with Crippen molar-refractivity contribution in [2.75, 3.05) is 13.1 Å². The van der Waals surface area contributed by atoms with Gasteiger partial charge < -0.3 is 11.5 Å². The van der Waals surface area contributed by atoms with E-state index < -0.39 is 0 Å². The van der Waals surface area contributed by atoms with E-state index in [-0.39, 0.29) is 10.8 Å². The van der Waals surface area contributed by atoms with Gasteiger partial charge in [0.2, 0.25) is 0 Å². The molecule has 0 aromatic carbocycles. The highest BCUT2D eigenvalue weighted by molar-refractivity contribution is 4.80. The van der Waals surface area contributed by atoms with Gasteiger partial charge in [-0.25, -0.2) is 0 Å². The molecule has 0 rings (SSSR count). The molecule has 0 aliphatic carbocycles. The van der Waals surface area contributed by atoms with E-state index >= 15 is 0 Å². The lowest BCUT2D eigenvalue weighted by Crippen LogP contribution is -2.34. The maximum absolute atomic E-state index is 5.63. The minimum absolute atomic E-state index is 0.225. The average Bonchev–Trinajstić information content (AvgIpc) is 2.07. The first kappa shape index (κ1) is 15.4. The van der Waals surface area contributed by atoms with Crippen LogP contribution in [0.25, 0.3) is 0 Å². The van der Waals surface area contributed by atoms with Crippen molar-refractivity contribution in [3.63, 3.8) is 0 Å². The van der Waals surface area contributed by atoms with Gasteiger partial charge in [0.1, 0.15) is 0 Å². The van der Waals surface area contributed by atoms with Crippen LogP contribution in [-0.4, -0.2) is 13.1 Å². The van der Waals surface area contributed by atoms with Crippen molar-refractivity contribution in [3.05, 3.63) is 0 Å². The minimum atomic E-state index is 0.225. The van der Waals surface area contributed by atoms with Gasteiger partial charge in [0.25, 0.3) is 0 Å². The molecule has 0 spiro atoms. The fraction of sp³-hybridized carbons (Fsp3) is 1.00. The molecule has 0 bridgehead atoms. The fourth-order valence-electron chi connectivity index (χ4n) is 1.44. The van der Waals surface area contributed by atoms with E-state index in [1.165, 1.54) is 0 Å². The molecule has 0 aliphatic rings. The predicted molar refractivity (Wildman–Crippen MR) is 61.6 cm³/mol. The molecule has 0 heterocycles. The normalized spacial score (nSPS) is 12.0. The highest BCUT2D eigenvalue weighted by Crippen LogP contribution is 2.31. The lowest BCUT2D eigenvalue weighted by molar-refractivity contribution is 0.208. The van der Waals surface area contributed by atoms with Crippen LogP contribution >= 0.6 is 0 Å². The van der Waals surface area contributed by atoms with Gasteiger partial charge in [-0.15, -0.1) is 0 Å². The zero-order valence-corrected chi connectivity index (χ0v) is 10.3. The molecule has 0 amide bonds. The Balaban J connectivity index is 0. The summed E-state index contributed by atoms with van der Waals surface area (Å²) < 4.78 is 0. The number of rotatable bonds is 4. The van der Waals surface area contributed by atoms with Crippen LogP contribution in [-0.2, 0) is 0 Å². The Bertz CT molecular complexity index is 103. The summed E-state index contributed by atoms with van der Waals surface area (Å²) in [5, 5.41) is 0. The largest absolute Gasteiger partial charge is 0.330 e. The molecule has 0 radical (unpaired) electrons. The zero-order valence-electron chi connectivity index (χ0n) is 10.3. The Morgan fingerprint density at radius 3 is 1.15 bits per heavy atom. The number of hydrogen-bond acceptors (Lipinski definition) is 2. The summed E-state index contributed by atoms with van der Waals surface area (Å²) in [6.45, 7) is 14.2. The van der Waals surface area contributed by atoms with Crippen molar-refractivity contribution >= 4 is 0 Å². The summed E-state index contributed by atoms with van der Waals surface area (Å²) in [6, 6.07) is 0. The van der Waals surface area contributed by atoms with Crippen LogP contribution < -0.4 is 11.5 Å². The van der Waals surface area contributed by atoms with E-state index in [9.17, 15) is 0 Å². The van der Waals surface area contributed by atoms with E-state index in [1.54, 1.807) is 0 Å². The Morgan fingerprint density at radius 2 is 1.00 bits per heavy atom. The Hall–Kier alpha value is -0.0800. The average molecular weight is 188 g/mol. The first-order valence-corrected chi connectivity index (χ1v) is 5.23. The molecular formula is C11H28N2. The molecule has 0 atom stereocenters. The van der Waals surface area contributed by atoms with Gasteiger partial charge in [0.05, 0.1) is 0 Å². The maximum atomic E-state index is 5.63. The molecule has 82 valence electrons. The molecule has 0 aromatic heterocycles. The predicted octanol–water partition coefficient (Wildman–Crippen LogP) is 2.37. The Morgan fingerprint density at radius 1 is 0.769 bits per heavy atom. The van der Waals surface area contributed by atoms with Crippen LogP contribution in [0.3, 0.4) is 0 Å². The summed E-state index contributed by atoms with van der Waals surface area (Å²) >= 11 is 0. The maximum Gasteiger partial charge on any atom is -0.00256 e. The van der Waals surface area contributed by atoms with Gasteiger partial charge in [-0.3, -0.25) is 0 Å². The summed E-state index contributed by atoms with van der Waals surface area (Å²) in [5.41, 5.74) is 11.7. The van der Waals surface area contributed by atoms with Gasteiger partial charge >= 0.3 is 0 Å². The summed E-state index contributed by atoms with van der Waals surface area (Å²) in [4.78, 5) is 0. The summed E-state index contributed by atoms with van der Waals surface area (Å²) in [6.07, 6.45) is 1.09. The second-order valence-electron chi connectivity index (χ2n) is 4.91. The second kappa shape index (κ2) is 6.39. The third-order valence-corrected chi connectivity index (χ3v) is 2.06. The van der Waals surface area contributed by atoms with Crippen LogP contribution in [0.5, 0.6) is 0 Å². The fourth-order valence-corrected chi connectivity index (χ4v) is 1.44. The minimum Gasteiger partial charge on any atom is -0.330 e. The van der Waals surface area contributed by atoms with Gasteiger partial charge in [-0.05, 0) is 30.3 Å². The first-order chi connectivity index (χ1) is 5.83. The first-order valence-electron chi connectivity index (χ1n) is 5.23. The van der Waals surface area contributed by atoms with Crippen molar-refractivity contribution in [1.29, 1.82) is 0 Å². The van der Waals surface area contributed by atoms with Crippen LogP contribution in [0.2, 0.25) is 0 Å². The Labute approximate surface area is 84.1 Å². The number of nitrogens with two attached hydrogens (primary N) is 2. The molecule has 0 aromatic rings. The van der Waals surface area contributed by atoms with Crippen LogP contribution in [0.1, 0.15) is 48.0 Å². The zero-order chi connectivity index (χ0) is 11.1. The third kappa shape index (κ3) is 8.26. The van der Waals surface area contributed by atoms with E-state index in [0.717, 1.165) is 19.5 Å². The SMILES string of the molecule is CC.CC(C)(CN)CC(C)(C)CN. The van der Waals surface area contributed by atoms with Gasteiger partial charge in [0, 0.05) is 0 Å². The van der Waals surface area contributed by atoms with Gasteiger partial charge in [-0.2, -0.15) is 0 Å². The standard InChI is InChI=1S/C9H22N2.C2H6/c1-8(2,6-10)5-9(3,4)7-11;1-2/h5-7,10-11H2,1-4H3;1-2H3.